The molecule has 0 aromatic heterocycles. The lowest BCUT2D eigenvalue weighted by atomic mass is 9.72. The maximum atomic E-state index is 13.4. The molecule has 7 heteroatoms. The Morgan fingerprint density at radius 1 is 1.19 bits per heavy atom. The summed E-state index contributed by atoms with van der Waals surface area (Å²) in [6, 6.07) is 12.0. The van der Waals surface area contributed by atoms with Gasteiger partial charge in [0, 0.05) is 38.3 Å². The van der Waals surface area contributed by atoms with Crippen molar-refractivity contribution in [1.82, 2.24) is 4.90 Å². The lowest BCUT2D eigenvalue weighted by Gasteiger charge is -2.36. The van der Waals surface area contributed by atoms with Crippen molar-refractivity contribution in [2.24, 2.45) is 11.3 Å². The van der Waals surface area contributed by atoms with E-state index >= 15 is 0 Å². The summed E-state index contributed by atoms with van der Waals surface area (Å²) in [6.07, 6.45) is 1.58. The van der Waals surface area contributed by atoms with Crippen molar-refractivity contribution in [2.75, 3.05) is 33.4 Å². The summed E-state index contributed by atoms with van der Waals surface area (Å²) in [6.45, 7) is 3.44. The number of methoxy groups -OCH3 is 1. The molecule has 1 N–H and O–H groups in total. The molecule has 1 spiro atoms. The number of carboxylic acid groups (broad SMARTS) is 1. The van der Waals surface area contributed by atoms with Gasteiger partial charge in [0.2, 0.25) is 0 Å². The molecule has 4 rings (SSSR count). The Morgan fingerprint density at radius 2 is 2.00 bits per heavy atom. The maximum Gasteiger partial charge on any atom is 0.308 e. The molecular formula is C24H28FNO5. The van der Waals surface area contributed by atoms with Gasteiger partial charge in [0.1, 0.15) is 12.4 Å². The van der Waals surface area contributed by atoms with Crippen LogP contribution in [-0.4, -0.2) is 49.4 Å². The largest absolute Gasteiger partial charge is 0.493 e. The summed E-state index contributed by atoms with van der Waals surface area (Å²) in [5.41, 5.74) is 1.57. The van der Waals surface area contributed by atoms with Gasteiger partial charge in [0.25, 0.3) is 0 Å². The predicted octanol–water partition coefficient (Wildman–Crippen LogP) is 3.73. The molecule has 166 valence electrons. The fourth-order valence-corrected chi connectivity index (χ4v) is 4.79. The first kappa shape index (κ1) is 21.6. The molecule has 6 nitrogen and oxygen atoms in total. The summed E-state index contributed by atoms with van der Waals surface area (Å²) in [4.78, 5) is 14.1. The van der Waals surface area contributed by atoms with Crippen LogP contribution in [0.5, 0.6) is 11.5 Å². The van der Waals surface area contributed by atoms with E-state index in [4.69, 9.17) is 14.2 Å². The molecule has 1 atom stereocenters. The van der Waals surface area contributed by atoms with Crippen LogP contribution in [0.3, 0.4) is 0 Å². The summed E-state index contributed by atoms with van der Waals surface area (Å²) >= 11 is 0. The van der Waals surface area contributed by atoms with Crippen molar-refractivity contribution in [3.63, 3.8) is 0 Å². The number of carbonyl (C=O) groups is 1. The van der Waals surface area contributed by atoms with Crippen LogP contribution in [0.4, 0.5) is 4.39 Å². The molecule has 2 heterocycles. The van der Waals surface area contributed by atoms with Crippen LogP contribution in [-0.2, 0) is 22.7 Å². The standard InChI is InChI=1S/C24H28FNO5/c1-29-22-12-17(5-6-21(22)31-15-18-3-2-4-19(25)11-18)13-26-14-20(23(27)28)24(16-26)7-9-30-10-8-24/h2-6,11-12,20H,7-10,13-16H2,1H3,(H,27,28). The second-order valence-electron chi connectivity index (χ2n) is 8.44. The van der Waals surface area contributed by atoms with Crippen molar-refractivity contribution in [2.45, 2.75) is 26.0 Å². The van der Waals surface area contributed by atoms with Crippen LogP contribution in [0.25, 0.3) is 0 Å². The molecule has 1 unspecified atom stereocenters. The van der Waals surface area contributed by atoms with Gasteiger partial charge in [-0.25, -0.2) is 4.39 Å². The third-order valence-corrected chi connectivity index (χ3v) is 6.42. The number of carboxylic acids is 1. The fraction of sp³-hybridized carbons (Fsp3) is 0.458. The van der Waals surface area contributed by atoms with Gasteiger partial charge in [-0.2, -0.15) is 0 Å². The van der Waals surface area contributed by atoms with E-state index in [2.05, 4.69) is 4.90 Å². The molecule has 2 aliphatic rings. The van der Waals surface area contributed by atoms with Crippen molar-refractivity contribution < 1.29 is 28.5 Å². The Morgan fingerprint density at radius 3 is 2.71 bits per heavy atom. The molecule has 0 saturated carbocycles. The summed E-state index contributed by atoms with van der Waals surface area (Å²) < 4.78 is 30.2. The van der Waals surface area contributed by atoms with E-state index in [0.717, 1.165) is 30.5 Å². The lowest BCUT2D eigenvalue weighted by molar-refractivity contribution is -0.147. The Balaban J connectivity index is 1.43. The van der Waals surface area contributed by atoms with Gasteiger partial charge in [-0.3, -0.25) is 9.69 Å². The Kier molecular flexibility index (Phi) is 6.43. The van der Waals surface area contributed by atoms with Crippen LogP contribution >= 0.6 is 0 Å². The highest BCUT2D eigenvalue weighted by Crippen LogP contribution is 2.45. The number of hydrogen-bond donors (Lipinski definition) is 1. The first-order valence-electron chi connectivity index (χ1n) is 10.6. The number of rotatable bonds is 7. The number of aliphatic carboxylic acids is 1. The van der Waals surface area contributed by atoms with Gasteiger partial charge in [-0.05, 0) is 48.2 Å². The SMILES string of the molecule is COc1cc(CN2CC(C(=O)O)C3(CCOCC3)C2)ccc1OCc1cccc(F)c1. The first-order chi connectivity index (χ1) is 15.0. The number of nitrogens with zero attached hydrogens (tertiary/aromatic N) is 1. The molecule has 0 amide bonds. The average Bonchev–Trinajstić information content (AvgIpc) is 3.10. The molecule has 0 radical (unpaired) electrons. The predicted molar refractivity (Wildman–Crippen MR) is 113 cm³/mol. The molecule has 0 bridgehead atoms. The lowest BCUT2D eigenvalue weighted by Crippen LogP contribution is -2.40. The first-order valence-corrected chi connectivity index (χ1v) is 10.6. The van der Waals surface area contributed by atoms with E-state index in [-0.39, 0.29) is 23.8 Å². The molecular weight excluding hydrogens is 401 g/mol. The van der Waals surface area contributed by atoms with Crippen LogP contribution in [0, 0.1) is 17.2 Å². The van der Waals surface area contributed by atoms with E-state index in [0.29, 0.717) is 37.8 Å². The van der Waals surface area contributed by atoms with E-state index in [9.17, 15) is 14.3 Å². The minimum absolute atomic E-state index is 0.206. The number of hydrogen-bond acceptors (Lipinski definition) is 5. The zero-order valence-electron chi connectivity index (χ0n) is 17.7. The summed E-state index contributed by atoms with van der Waals surface area (Å²) in [7, 11) is 1.58. The van der Waals surface area contributed by atoms with Crippen molar-refractivity contribution >= 4 is 5.97 Å². The second kappa shape index (κ2) is 9.24. The van der Waals surface area contributed by atoms with Crippen LogP contribution in [0.15, 0.2) is 42.5 Å². The van der Waals surface area contributed by atoms with E-state index < -0.39 is 5.97 Å². The third kappa shape index (κ3) is 4.83. The molecule has 31 heavy (non-hydrogen) atoms. The van der Waals surface area contributed by atoms with Crippen LogP contribution in [0.1, 0.15) is 24.0 Å². The molecule has 2 saturated heterocycles. The van der Waals surface area contributed by atoms with Gasteiger partial charge in [-0.1, -0.05) is 18.2 Å². The Bertz CT molecular complexity index is 928. The smallest absolute Gasteiger partial charge is 0.308 e. The average molecular weight is 429 g/mol. The molecule has 2 fully saturated rings. The highest BCUT2D eigenvalue weighted by Gasteiger charge is 2.50. The highest BCUT2D eigenvalue weighted by atomic mass is 19.1. The van der Waals surface area contributed by atoms with Gasteiger partial charge in [-0.15, -0.1) is 0 Å². The van der Waals surface area contributed by atoms with Crippen molar-refractivity contribution in [3.8, 4) is 11.5 Å². The zero-order chi connectivity index (χ0) is 21.8. The van der Waals surface area contributed by atoms with Crippen molar-refractivity contribution in [1.29, 1.82) is 0 Å². The monoisotopic (exact) mass is 429 g/mol. The molecule has 2 aromatic rings. The molecule has 0 aliphatic carbocycles. The summed E-state index contributed by atoms with van der Waals surface area (Å²) in [5, 5.41) is 9.78. The van der Waals surface area contributed by atoms with Crippen molar-refractivity contribution in [3.05, 3.63) is 59.4 Å². The number of benzene rings is 2. The van der Waals surface area contributed by atoms with Crippen LogP contribution in [0.2, 0.25) is 0 Å². The van der Waals surface area contributed by atoms with E-state index in [1.165, 1.54) is 12.1 Å². The van der Waals surface area contributed by atoms with Crippen LogP contribution < -0.4 is 9.47 Å². The zero-order valence-corrected chi connectivity index (χ0v) is 17.7. The quantitative estimate of drug-likeness (QED) is 0.724. The maximum absolute atomic E-state index is 13.4. The number of ether oxygens (including phenoxy) is 3. The van der Waals surface area contributed by atoms with Gasteiger partial charge < -0.3 is 19.3 Å². The number of likely N-dealkylation sites (tertiary alicyclic amines) is 1. The highest BCUT2D eigenvalue weighted by molar-refractivity contribution is 5.72. The second-order valence-corrected chi connectivity index (χ2v) is 8.44. The Labute approximate surface area is 181 Å². The minimum Gasteiger partial charge on any atom is -0.493 e. The number of halogens is 1. The minimum atomic E-state index is -0.719. The molecule has 2 aromatic carbocycles. The van der Waals surface area contributed by atoms with Gasteiger partial charge in [0.05, 0.1) is 13.0 Å². The summed E-state index contributed by atoms with van der Waals surface area (Å²) in [5.74, 6) is -0.198. The Hall–Kier alpha value is -2.64. The third-order valence-electron chi connectivity index (χ3n) is 6.42. The van der Waals surface area contributed by atoms with E-state index in [1.807, 2.05) is 24.3 Å². The van der Waals surface area contributed by atoms with Gasteiger partial charge >= 0.3 is 5.97 Å². The normalized spacial score (nSPS) is 20.6. The van der Waals surface area contributed by atoms with E-state index in [1.54, 1.807) is 13.2 Å². The fourth-order valence-electron chi connectivity index (χ4n) is 4.79. The topological polar surface area (TPSA) is 68.2 Å². The molecule has 2 aliphatic heterocycles. The van der Waals surface area contributed by atoms with Gasteiger partial charge in [0.15, 0.2) is 11.5 Å².